The van der Waals surface area contributed by atoms with Crippen molar-refractivity contribution in [2.45, 2.75) is 18.7 Å². The molecule has 0 spiro atoms. The molecule has 2 aromatic rings. The van der Waals surface area contributed by atoms with Crippen molar-refractivity contribution in [1.29, 1.82) is 0 Å². The van der Waals surface area contributed by atoms with E-state index in [0.29, 0.717) is 13.0 Å². The third-order valence-corrected chi connectivity index (χ3v) is 3.54. The number of alkyl halides is 3. The van der Waals surface area contributed by atoms with Gasteiger partial charge in [0.15, 0.2) is 0 Å². The van der Waals surface area contributed by atoms with Crippen LogP contribution < -0.4 is 4.74 Å². The molecule has 1 fully saturated rings. The third kappa shape index (κ3) is 3.61. The van der Waals surface area contributed by atoms with Crippen molar-refractivity contribution in [2.75, 3.05) is 13.1 Å². The summed E-state index contributed by atoms with van der Waals surface area (Å²) in [5.41, 5.74) is -0.823. The molecule has 24 heavy (non-hydrogen) atoms. The number of aromatic nitrogens is 3. The highest BCUT2D eigenvalue weighted by molar-refractivity contribution is 5.90. The number of halogens is 3. The van der Waals surface area contributed by atoms with Crippen LogP contribution in [0.25, 0.3) is 0 Å². The normalized spacial score (nSPS) is 17.8. The first-order valence-corrected chi connectivity index (χ1v) is 7.19. The van der Waals surface area contributed by atoms with Crippen LogP contribution in [0.4, 0.5) is 13.2 Å². The van der Waals surface area contributed by atoms with Crippen LogP contribution >= 0.6 is 0 Å². The van der Waals surface area contributed by atoms with Crippen LogP contribution in [0.1, 0.15) is 22.6 Å². The standard InChI is InChI=1S/C15H13F3N4O2/c16-15(17,18)10-2-6-19-12(8-10)24-11-3-7-22(9-11)14(23)13-20-4-1-5-21-13/h1-2,4-6,8,11H,3,7,9H2/t11-/m0/s1. The summed E-state index contributed by atoms with van der Waals surface area (Å²) in [5, 5.41) is 0. The zero-order chi connectivity index (χ0) is 17.2. The summed E-state index contributed by atoms with van der Waals surface area (Å²) in [6.45, 7) is 0.662. The molecule has 6 nitrogen and oxygen atoms in total. The number of carbonyl (C=O) groups excluding carboxylic acids is 1. The maximum absolute atomic E-state index is 12.7. The maximum atomic E-state index is 12.7. The summed E-state index contributed by atoms with van der Waals surface area (Å²) in [4.78, 5) is 25.3. The number of ether oxygens (including phenoxy) is 1. The molecule has 0 aromatic carbocycles. The van der Waals surface area contributed by atoms with E-state index in [9.17, 15) is 18.0 Å². The number of nitrogens with zero attached hydrogens (tertiary/aromatic N) is 4. The number of hydrogen-bond donors (Lipinski definition) is 0. The van der Waals surface area contributed by atoms with E-state index in [2.05, 4.69) is 15.0 Å². The van der Waals surface area contributed by atoms with E-state index in [1.165, 1.54) is 17.3 Å². The second kappa shape index (κ2) is 6.42. The first-order chi connectivity index (χ1) is 11.4. The van der Waals surface area contributed by atoms with Crippen molar-refractivity contribution in [2.24, 2.45) is 0 Å². The van der Waals surface area contributed by atoms with E-state index in [-0.39, 0.29) is 24.2 Å². The lowest BCUT2D eigenvalue weighted by Gasteiger charge is -2.16. The number of amides is 1. The van der Waals surface area contributed by atoms with E-state index in [1.807, 2.05) is 0 Å². The summed E-state index contributed by atoms with van der Waals surface area (Å²) in [7, 11) is 0. The molecule has 9 heteroatoms. The molecule has 1 saturated heterocycles. The lowest BCUT2D eigenvalue weighted by molar-refractivity contribution is -0.137. The number of carbonyl (C=O) groups is 1. The van der Waals surface area contributed by atoms with Crippen LogP contribution in [-0.2, 0) is 6.18 Å². The summed E-state index contributed by atoms with van der Waals surface area (Å²) in [6, 6.07) is 3.33. The molecule has 0 bridgehead atoms. The van der Waals surface area contributed by atoms with Crippen LogP contribution in [0, 0.1) is 0 Å². The topological polar surface area (TPSA) is 68.2 Å². The molecule has 0 unspecified atom stereocenters. The number of hydrogen-bond acceptors (Lipinski definition) is 5. The minimum atomic E-state index is -4.45. The van der Waals surface area contributed by atoms with Gasteiger partial charge in [-0.2, -0.15) is 13.2 Å². The number of likely N-dealkylation sites (tertiary alicyclic amines) is 1. The summed E-state index contributed by atoms with van der Waals surface area (Å²) in [5.74, 6) is -0.367. The molecule has 3 heterocycles. The Hall–Kier alpha value is -2.71. The summed E-state index contributed by atoms with van der Waals surface area (Å²) < 4.78 is 43.5. The van der Waals surface area contributed by atoms with Gasteiger partial charge in [0.2, 0.25) is 11.7 Å². The Morgan fingerprint density at radius 1 is 1.21 bits per heavy atom. The van der Waals surface area contributed by atoms with Crippen molar-refractivity contribution < 1.29 is 22.7 Å². The molecule has 0 aliphatic carbocycles. The fourth-order valence-corrected chi connectivity index (χ4v) is 2.38. The average molecular weight is 338 g/mol. The molecule has 1 amide bonds. The highest BCUT2D eigenvalue weighted by Crippen LogP contribution is 2.31. The Balaban J connectivity index is 1.64. The van der Waals surface area contributed by atoms with Gasteiger partial charge in [-0.3, -0.25) is 4.79 Å². The zero-order valence-corrected chi connectivity index (χ0v) is 12.4. The highest BCUT2D eigenvalue weighted by atomic mass is 19.4. The monoisotopic (exact) mass is 338 g/mol. The average Bonchev–Trinajstić information content (AvgIpc) is 3.03. The summed E-state index contributed by atoms with van der Waals surface area (Å²) >= 11 is 0. The molecule has 0 saturated carbocycles. The molecule has 1 aliphatic heterocycles. The van der Waals surface area contributed by atoms with Crippen LogP contribution in [0.5, 0.6) is 5.88 Å². The minimum absolute atomic E-state index is 0.0790. The van der Waals surface area contributed by atoms with Gasteiger partial charge in [0.1, 0.15) is 6.10 Å². The van der Waals surface area contributed by atoms with Gasteiger partial charge in [-0.1, -0.05) is 0 Å². The molecule has 0 radical (unpaired) electrons. The van der Waals surface area contributed by atoms with E-state index in [1.54, 1.807) is 6.07 Å². The van der Waals surface area contributed by atoms with E-state index in [4.69, 9.17) is 4.74 Å². The van der Waals surface area contributed by atoms with Crippen LogP contribution in [0.15, 0.2) is 36.8 Å². The fourth-order valence-electron chi connectivity index (χ4n) is 2.38. The van der Waals surface area contributed by atoms with Crippen molar-refractivity contribution in [3.63, 3.8) is 0 Å². The van der Waals surface area contributed by atoms with Crippen molar-refractivity contribution in [3.05, 3.63) is 48.2 Å². The first kappa shape index (κ1) is 16.2. The molecule has 126 valence electrons. The molecule has 1 atom stereocenters. The second-order valence-electron chi connectivity index (χ2n) is 5.23. The lowest BCUT2D eigenvalue weighted by atomic mass is 10.2. The Morgan fingerprint density at radius 2 is 1.96 bits per heavy atom. The minimum Gasteiger partial charge on any atom is -0.472 e. The maximum Gasteiger partial charge on any atom is 0.416 e. The SMILES string of the molecule is O=C(c1ncccn1)N1CC[C@H](Oc2cc(C(F)(F)F)ccn2)C1. The highest BCUT2D eigenvalue weighted by Gasteiger charge is 2.32. The Labute approximate surface area is 135 Å². The Bertz CT molecular complexity index is 724. The number of pyridine rings is 1. The molecule has 3 rings (SSSR count). The lowest BCUT2D eigenvalue weighted by Crippen LogP contribution is -2.32. The largest absolute Gasteiger partial charge is 0.472 e. The van der Waals surface area contributed by atoms with E-state index in [0.717, 1.165) is 18.3 Å². The molecule has 2 aromatic heterocycles. The smallest absolute Gasteiger partial charge is 0.416 e. The number of rotatable bonds is 3. The predicted octanol–water partition coefficient (Wildman–Crippen LogP) is 2.18. The van der Waals surface area contributed by atoms with Gasteiger partial charge in [-0.25, -0.2) is 15.0 Å². The molecular formula is C15H13F3N4O2. The van der Waals surface area contributed by atoms with Crippen molar-refractivity contribution in [1.82, 2.24) is 19.9 Å². The van der Waals surface area contributed by atoms with Crippen LogP contribution in [-0.4, -0.2) is 45.0 Å². The Morgan fingerprint density at radius 3 is 2.67 bits per heavy atom. The van der Waals surface area contributed by atoms with Crippen molar-refractivity contribution >= 4 is 5.91 Å². The van der Waals surface area contributed by atoms with Crippen molar-refractivity contribution in [3.8, 4) is 5.88 Å². The molecular weight excluding hydrogens is 325 g/mol. The van der Waals surface area contributed by atoms with Gasteiger partial charge in [0.05, 0.1) is 12.1 Å². The quantitative estimate of drug-likeness (QED) is 0.858. The summed E-state index contributed by atoms with van der Waals surface area (Å²) in [6.07, 6.45) is -0.393. The predicted molar refractivity (Wildman–Crippen MR) is 76.2 cm³/mol. The van der Waals surface area contributed by atoms with Gasteiger partial charge in [-0.05, 0) is 12.1 Å². The van der Waals surface area contributed by atoms with Gasteiger partial charge < -0.3 is 9.64 Å². The fraction of sp³-hybridized carbons (Fsp3) is 0.333. The second-order valence-corrected chi connectivity index (χ2v) is 5.23. The van der Waals surface area contributed by atoms with Crippen LogP contribution in [0.3, 0.4) is 0 Å². The first-order valence-electron chi connectivity index (χ1n) is 7.19. The van der Waals surface area contributed by atoms with Gasteiger partial charge >= 0.3 is 6.18 Å². The third-order valence-electron chi connectivity index (χ3n) is 3.54. The van der Waals surface area contributed by atoms with E-state index >= 15 is 0 Å². The van der Waals surface area contributed by atoms with Gasteiger partial charge in [0, 0.05) is 37.6 Å². The van der Waals surface area contributed by atoms with E-state index < -0.39 is 17.8 Å². The molecule has 0 N–H and O–H groups in total. The van der Waals surface area contributed by atoms with Gasteiger partial charge in [-0.15, -0.1) is 0 Å². The van der Waals surface area contributed by atoms with Crippen LogP contribution in [0.2, 0.25) is 0 Å². The zero-order valence-electron chi connectivity index (χ0n) is 12.4. The van der Waals surface area contributed by atoms with Gasteiger partial charge in [0.25, 0.3) is 5.91 Å². The Kier molecular flexibility index (Phi) is 4.32. The molecule has 1 aliphatic rings.